The summed E-state index contributed by atoms with van der Waals surface area (Å²) in [6.45, 7) is 7.68. The topological polar surface area (TPSA) is 52.7 Å². The van der Waals surface area contributed by atoms with Crippen LogP contribution in [0.3, 0.4) is 0 Å². The van der Waals surface area contributed by atoms with Gasteiger partial charge in [-0.15, -0.1) is 11.3 Å². The van der Waals surface area contributed by atoms with Gasteiger partial charge in [-0.2, -0.15) is 0 Å². The molecule has 2 amide bonds. The summed E-state index contributed by atoms with van der Waals surface area (Å²) in [5.41, 5.74) is 2.82. The quantitative estimate of drug-likeness (QED) is 0.627. The van der Waals surface area contributed by atoms with Gasteiger partial charge in [-0.1, -0.05) is 26.8 Å². The third kappa shape index (κ3) is 6.33. The van der Waals surface area contributed by atoms with E-state index in [4.69, 9.17) is 0 Å². The summed E-state index contributed by atoms with van der Waals surface area (Å²) in [5, 5.41) is 4.89. The van der Waals surface area contributed by atoms with Gasteiger partial charge in [0.2, 0.25) is 5.91 Å². The maximum atomic E-state index is 13.1. The number of nitrogens with zero attached hydrogens (tertiary/aromatic N) is 2. The molecule has 0 spiro atoms. The number of benzene rings is 1. The van der Waals surface area contributed by atoms with Gasteiger partial charge in [0.1, 0.15) is 0 Å². The van der Waals surface area contributed by atoms with E-state index in [-0.39, 0.29) is 17.2 Å². The van der Waals surface area contributed by atoms with Gasteiger partial charge in [-0.05, 0) is 59.4 Å². The number of anilines is 2. The van der Waals surface area contributed by atoms with Crippen LogP contribution in [0.1, 0.15) is 55.3 Å². The van der Waals surface area contributed by atoms with Crippen molar-refractivity contribution < 1.29 is 9.59 Å². The molecule has 1 heterocycles. The van der Waals surface area contributed by atoms with Crippen LogP contribution in [-0.4, -0.2) is 37.4 Å². The molecule has 1 aromatic heterocycles. The van der Waals surface area contributed by atoms with Crippen molar-refractivity contribution in [3.63, 3.8) is 0 Å². The molecule has 1 N–H and O–H groups in total. The zero-order valence-electron chi connectivity index (χ0n) is 18.7. The maximum Gasteiger partial charge on any atom is 0.265 e. The number of carbonyl (C=O) groups excluding carboxylic acids is 2. The summed E-state index contributed by atoms with van der Waals surface area (Å²) in [6.07, 6.45) is 2.94. The Morgan fingerprint density at radius 1 is 1.17 bits per heavy atom. The highest BCUT2D eigenvalue weighted by molar-refractivity contribution is 7.12. The summed E-state index contributed by atoms with van der Waals surface area (Å²) in [5.74, 6) is 0.720. The summed E-state index contributed by atoms with van der Waals surface area (Å²) in [6, 6.07) is 9.63. The summed E-state index contributed by atoms with van der Waals surface area (Å²) in [4.78, 5) is 30.3. The average Bonchev–Trinajstić information content (AvgIpc) is 3.28. The Morgan fingerprint density at radius 3 is 2.47 bits per heavy atom. The van der Waals surface area contributed by atoms with Crippen LogP contribution >= 0.6 is 11.3 Å². The second kappa shape index (κ2) is 9.21. The molecule has 30 heavy (non-hydrogen) atoms. The van der Waals surface area contributed by atoms with E-state index < -0.39 is 0 Å². The van der Waals surface area contributed by atoms with E-state index >= 15 is 0 Å². The van der Waals surface area contributed by atoms with Crippen molar-refractivity contribution in [1.82, 2.24) is 4.90 Å². The second-order valence-electron chi connectivity index (χ2n) is 9.62. The van der Waals surface area contributed by atoms with E-state index in [1.54, 1.807) is 0 Å². The fraction of sp³-hybridized carbons (Fsp3) is 0.500. The van der Waals surface area contributed by atoms with Crippen LogP contribution in [0.2, 0.25) is 0 Å². The fourth-order valence-corrected chi connectivity index (χ4v) is 4.08. The molecule has 1 aliphatic rings. The molecule has 1 aliphatic carbocycles. The van der Waals surface area contributed by atoms with Crippen LogP contribution in [0.15, 0.2) is 35.7 Å². The minimum Gasteiger partial charge on any atom is -0.377 e. The number of carbonyl (C=O) groups is 2. The molecule has 5 nitrogen and oxygen atoms in total. The van der Waals surface area contributed by atoms with Crippen LogP contribution in [0, 0.1) is 11.3 Å². The van der Waals surface area contributed by atoms with Gasteiger partial charge in [0.05, 0.1) is 4.88 Å². The number of thiophene rings is 1. The van der Waals surface area contributed by atoms with E-state index in [9.17, 15) is 9.59 Å². The molecule has 0 aliphatic heterocycles. The van der Waals surface area contributed by atoms with E-state index in [0.29, 0.717) is 23.8 Å². The van der Waals surface area contributed by atoms with Crippen molar-refractivity contribution in [2.75, 3.05) is 30.9 Å². The average molecular weight is 428 g/mol. The zero-order chi connectivity index (χ0) is 21.9. The molecule has 6 heteroatoms. The number of hydrogen-bond acceptors (Lipinski definition) is 4. The Labute approximate surface area is 184 Å². The standard InChI is InChI=1S/C24H33N3O2S/c1-24(2,3)14-22(28)27(15-17-8-9-17)16-18-13-19(10-11-20(18)26(4)5)25-23(29)21-7-6-12-30-21/h6-7,10-13,17H,8-9,14-16H2,1-5H3,(H,25,29). The van der Waals surface area contributed by atoms with Crippen LogP contribution in [0.5, 0.6) is 0 Å². The highest BCUT2D eigenvalue weighted by Gasteiger charge is 2.29. The first-order valence-electron chi connectivity index (χ1n) is 10.6. The van der Waals surface area contributed by atoms with Crippen molar-refractivity contribution >= 4 is 34.5 Å². The van der Waals surface area contributed by atoms with Crippen LogP contribution in [0.25, 0.3) is 0 Å². The minimum absolute atomic E-state index is 0.0419. The van der Waals surface area contributed by atoms with E-state index in [1.807, 2.05) is 54.7 Å². The zero-order valence-corrected chi connectivity index (χ0v) is 19.5. The Bertz CT molecular complexity index is 880. The molecule has 2 aromatic rings. The molecule has 0 bridgehead atoms. The molecular weight excluding hydrogens is 394 g/mol. The van der Waals surface area contributed by atoms with Gasteiger partial charge in [0.15, 0.2) is 0 Å². The highest BCUT2D eigenvalue weighted by atomic mass is 32.1. The molecule has 0 atom stereocenters. The first-order valence-corrected chi connectivity index (χ1v) is 11.4. The lowest BCUT2D eigenvalue weighted by Gasteiger charge is -2.29. The smallest absolute Gasteiger partial charge is 0.265 e. The molecule has 1 fully saturated rings. The molecule has 0 unspecified atom stereocenters. The third-order valence-corrected chi connectivity index (χ3v) is 6.00. The number of amides is 2. The van der Waals surface area contributed by atoms with Gasteiger partial charge < -0.3 is 15.1 Å². The Balaban J connectivity index is 1.82. The second-order valence-corrected chi connectivity index (χ2v) is 10.6. The predicted molar refractivity (Wildman–Crippen MR) is 125 cm³/mol. The SMILES string of the molecule is CN(C)c1ccc(NC(=O)c2cccs2)cc1CN(CC1CC1)C(=O)CC(C)(C)C. The Kier molecular flexibility index (Phi) is 6.86. The fourth-order valence-electron chi connectivity index (χ4n) is 3.46. The lowest BCUT2D eigenvalue weighted by molar-refractivity contribution is -0.134. The molecule has 162 valence electrons. The van der Waals surface area contributed by atoms with Crippen molar-refractivity contribution in [1.29, 1.82) is 0 Å². The maximum absolute atomic E-state index is 13.1. The van der Waals surface area contributed by atoms with Crippen molar-refractivity contribution in [2.45, 2.75) is 46.6 Å². The molecule has 0 saturated heterocycles. The van der Waals surface area contributed by atoms with Gasteiger partial charge in [0.25, 0.3) is 5.91 Å². The van der Waals surface area contributed by atoms with Crippen molar-refractivity contribution in [3.8, 4) is 0 Å². The van der Waals surface area contributed by atoms with E-state index in [1.165, 1.54) is 24.2 Å². The van der Waals surface area contributed by atoms with Crippen LogP contribution in [-0.2, 0) is 11.3 Å². The Morgan fingerprint density at radius 2 is 1.90 bits per heavy atom. The van der Waals surface area contributed by atoms with Gasteiger partial charge in [0, 0.05) is 45.0 Å². The molecule has 3 rings (SSSR count). The summed E-state index contributed by atoms with van der Waals surface area (Å²) < 4.78 is 0. The number of hydrogen-bond donors (Lipinski definition) is 1. The minimum atomic E-state index is -0.104. The highest BCUT2D eigenvalue weighted by Crippen LogP contribution is 2.33. The van der Waals surface area contributed by atoms with Gasteiger partial charge >= 0.3 is 0 Å². The molecular formula is C24H33N3O2S. The van der Waals surface area contributed by atoms with Crippen molar-refractivity contribution in [2.24, 2.45) is 11.3 Å². The molecule has 1 aromatic carbocycles. The van der Waals surface area contributed by atoms with Crippen molar-refractivity contribution in [3.05, 3.63) is 46.2 Å². The van der Waals surface area contributed by atoms with Gasteiger partial charge in [-0.25, -0.2) is 0 Å². The van der Waals surface area contributed by atoms with Gasteiger partial charge in [-0.3, -0.25) is 9.59 Å². The normalized spacial score (nSPS) is 13.8. The molecule has 1 saturated carbocycles. The van der Waals surface area contributed by atoms with Crippen LogP contribution in [0.4, 0.5) is 11.4 Å². The summed E-state index contributed by atoms with van der Waals surface area (Å²) in [7, 11) is 4.01. The monoisotopic (exact) mass is 427 g/mol. The summed E-state index contributed by atoms with van der Waals surface area (Å²) >= 11 is 1.42. The lowest BCUT2D eigenvalue weighted by atomic mass is 9.91. The number of nitrogens with one attached hydrogen (secondary N) is 1. The first kappa shape index (κ1) is 22.3. The van der Waals surface area contributed by atoms with E-state index in [0.717, 1.165) is 23.5 Å². The van der Waals surface area contributed by atoms with E-state index in [2.05, 4.69) is 31.0 Å². The number of rotatable bonds is 8. The Hall–Kier alpha value is -2.34. The van der Waals surface area contributed by atoms with Crippen LogP contribution < -0.4 is 10.2 Å². The largest absolute Gasteiger partial charge is 0.377 e. The predicted octanol–water partition coefficient (Wildman–Crippen LogP) is 5.24. The first-order chi connectivity index (χ1) is 14.1. The molecule has 0 radical (unpaired) electrons. The third-order valence-electron chi connectivity index (χ3n) is 5.14. The lowest BCUT2D eigenvalue weighted by Crippen LogP contribution is -2.35.